The minimum atomic E-state index is -3.74. The molecular formula is C6H9N3O3S. The standard InChI is InChI=1S/C6H9N3O3S/c1-3-5(4(2)10)6(7)9-13(11,12)8-3/h8H,1-2H3,(H2,7,9). The molecule has 0 bridgehead atoms. The Morgan fingerprint density at radius 1 is 1.54 bits per heavy atom. The molecule has 0 aromatic rings. The Morgan fingerprint density at radius 2 is 2.08 bits per heavy atom. The van der Waals surface area contributed by atoms with Gasteiger partial charge in [-0.15, -0.1) is 4.40 Å². The molecule has 0 fully saturated rings. The van der Waals surface area contributed by atoms with Crippen LogP contribution in [0.25, 0.3) is 0 Å². The van der Waals surface area contributed by atoms with Crippen LogP contribution in [0.5, 0.6) is 0 Å². The minimum absolute atomic E-state index is 0.120. The van der Waals surface area contributed by atoms with Crippen LogP contribution < -0.4 is 10.5 Å². The van der Waals surface area contributed by atoms with Crippen molar-refractivity contribution in [2.24, 2.45) is 10.1 Å². The Balaban J connectivity index is 3.29. The van der Waals surface area contributed by atoms with Gasteiger partial charge in [0.2, 0.25) is 0 Å². The Labute approximate surface area is 75.7 Å². The lowest BCUT2D eigenvalue weighted by Gasteiger charge is -2.14. The molecule has 6 nitrogen and oxygen atoms in total. The monoisotopic (exact) mass is 203 g/mol. The molecule has 0 aromatic carbocycles. The summed E-state index contributed by atoms with van der Waals surface area (Å²) in [6.45, 7) is 2.75. The molecule has 1 aliphatic rings. The molecule has 0 saturated carbocycles. The predicted octanol–water partition coefficient (Wildman–Crippen LogP) is -0.945. The number of rotatable bonds is 1. The number of hydrogen-bond acceptors (Lipinski definition) is 4. The maximum Gasteiger partial charge on any atom is 0.343 e. The lowest BCUT2D eigenvalue weighted by atomic mass is 10.1. The number of hydrogen-bond donors (Lipinski definition) is 2. The molecule has 7 heteroatoms. The van der Waals surface area contributed by atoms with Crippen LogP contribution in [0, 0.1) is 0 Å². The summed E-state index contributed by atoms with van der Waals surface area (Å²) in [4.78, 5) is 11.0. The molecule has 1 aliphatic heterocycles. The first-order chi connectivity index (χ1) is 5.83. The van der Waals surface area contributed by atoms with Gasteiger partial charge in [-0.2, -0.15) is 8.42 Å². The molecule has 72 valence electrons. The van der Waals surface area contributed by atoms with Gasteiger partial charge in [-0.05, 0) is 13.8 Å². The zero-order chi connectivity index (χ0) is 10.2. The highest BCUT2D eigenvalue weighted by Gasteiger charge is 2.23. The van der Waals surface area contributed by atoms with Gasteiger partial charge in [-0.3, -0.25) is 9.52 Å². The van der Waals surface area contributed by atoms with Crippen LogP contribution in [0.15, 0.2) is 15.7 Å². The van der Waals surface area contributed by atoms with Crippen molar-refractivity contribution in [3.63, 3.8) is 0 Å². The molecule has 1 rings (SSSR count). The second-order valence-corrected chi connectivity index (χ2v) is 3.95. The molecule has 0 radical (unpaired) electrons. The number of nitrogens with zero attached hydrogens (tertiary/aromatic N) is 1. The van der Waals surface area contributed by atoms with E-state index in [9.17, 15) is 13.2 Å². The summed E-state index contributed by atoms with van der Waals surface area (Å²) in [5, 5.41) is 0. The number of amidine groups is 1. The number of nitrogens with one attached hydrogen (secondary N) is 1. The third kappa shape index (κ3) is 1.86. The number of ketones is 1. The number of nitrogens with two attached hydrogens (primary N) is 1. The van der Waals surface area contributed by atoms with E-state index in [0.29, 0.717) is 0 Å². The Kier molecular flexibility index (Phi) is 2.12. The van der Waals surface area contributed by atoms with Gasteiger partial charge in [-0.25, -0.2) is 0 Å². The van der Waals surface area contributed by atoms with E-state index >= 15 is 0 Å². The molecule has 13 heavy (non-hydrogen) atoms. The molecule has 0 spiro atoms. The third-order valence-electron chi connectivity index (χ3n) is 1.48. The average Bonchev–Trinajstić information content (AvgIpc) is 1.78. The minimum Gasteiger partial charge on any atom is -0.382 e. The summed E-state index contributed by atoms with van der Waals surface area (Å²) in [6.07, 6.45) is 0. The Morgan fingerprint density at radius 3 is 2.46 bits per heavy atom. The van der Waals surface area contributed by atoms with Crippen LogP contribution in [0.4, 0.5) is 0 Å². The maximum absolute atomic E-state index is 11.0. The fraction of sp³-hybridized carbons (Fsp3) is 0.333. The Bertz CT molecular complexity index is 418. The highest BCUT2D eigenvalue weighted by atomic mass is 32.2. The largest absolute Gasteiger partial charge is 0.382 e. The maximum atomic E-state index is 11.0. The SMILES string of the molecule is CC(=O)C1=C(C)NS(=O)(=O)N=C1N. The molecule has 0 aliphatic carbocycles. The van der Waals surface area contributed by atoms with Gasteiger partial charge in [-0.1, -0.05) is 0 Å². The van der Waals surface area contributed by atoms with Crippen molar-refractivity contribution in [2.75, 3.05) is 0 Å². The number of carbonyl (C=O) groups excluding carboxylic acids is 1. The summed E-state index contributed by atoms with van der Waals surface area (Å²) in [5.74, 6) is -0.579. The highest BCUT2D eigenvalue weighted by Crippen LogP contribution is 2.11. The lowest BCUT2D eigenvalue weighted by molar-refractivity contribution is -0.113. The van der Waals surface area contributed by atoms with Gasteiger partial charge in [0.1, 0.15) is 0 Å². The number of Topliss-reactive ketones (excluding diaryl/α,β-unsaturated/α-hetero) is 1. The van der Waals surface area contributed by atoms with E-state index in [1.54, 1.807) is 0 Å². The fourth-order valence-electron chi connectivity index (χ4n) is 1.08. The summed E-state index contributed by atoms with van der Waals surface area (Å²) in [7, 11) is -3.74. The quantitative estimate of drug-likeness (QED) is 0.573. The van der Waals surface area contributed by atoms with Crippen LogP contribution >= 0.6 is 0 Å². The van der Waals surface area contributed by atoms with E-state index < -0.39 is 10.2 Å². The van der Waals surface area contributed by atoms with Crippen LogP contribution in [0.1, 0.15) is 13.8 Å². The van der Waals surface area contributed by atoms with E-state index in [1.807, 2.05) is 0 Å². The topological polar surface area (TPSA) is 102 Å². The van der Waals surface area contributed by atoms with Crippen molar-refractivity contribution >= 4 is 21.8 Å². The fourth-order valence-corrected chi connectivity index (χ4v) is 1.96. The molecule has 0 atom stereocenters. The predicted molar refractivity (Wildman–Crippen MR) is 47.1 cm³/mol. The van der Waals surface area contributed by atoms with E-state index in [-0.39, 0.29) is 22.9 Å². The zero-order valence-electron chi connectivity index (χ0n) is 7.16. The van der Waals surface area contributed by atoms with Crippen molar-refractivity contribution in [3.8, 4) is 0 Å². The Hall–Kier alpha value is -1.37. The van der Waals surface area contributed by atoms with Crippen molar-refractivity contribution in [2.45, 2.75) is 13.8 Å². The van der Waals surface area contributed by atoms with Crippen molar-refractivity contribution in [1.82, 2.24) is 4.72 Å². The van der Waals surface area contributed by atoms with E-state index in [0.717, 1.165) is 0 Å². The van der Waals surface area contributed by atoms with Crippen molar-refractivity contribution in [1.29, 1.82) is 0 Å². The normalized spacial score (nSPS) is 20.6. The van der Waals surface area contributed by atoms with Gasteiger partial charge in [0.15, 0.2) is 11.6 Å². The number of carbonyl (C=O) groups is 1. The molecule has 0 aromatic heterocycles. The van der Waals surface area contributed by atoms with E-state index in [2.05, 4.69) is 9.12 Å². The molecule has 3 N–H and O–H groups in total. The third-order valence-corrected chi connectivity index (χ3v) is 2.48. The zero-order valence-corrected chi connectivity index (χ0v) is 7.97. The molecule has 0 amide bonds. The summed E-state index contributed by atoms with van der Waals surface area (Å²) >= 11 is 0. The molecule has 1 heterocycles. The highest BCUT2D eigenvalue weighted by molar-refractivity contribution is 7.88. The van der Waals surface area contributed by atoms with E-state index in [1.165, 1.54) is 13.8 Å². The number of allylic oxidation sites excluding steroid dienone is 1. The summed E-state index contributed by atoms with van der Waals surface area (Å²) in [5.41, 5.74) is 5.63. The first-order valence-electron chi connectivity index (χ1n) is 3.44. The van der Waals surface area contributed by atoms with Crippen LogP contribution in [-0.4, -0.2) is 20.0 Å². The summed E-state index contributed by atoms with van der Waals surface area (Å²) < 4.78 is 27.1. The van der Waals surface area contributed by atoms with Gasteiger partial charge < -0.3 is 5.73 Å². The second-order valence-electron chi connectivity index (χ2n) is 2.61. The van der Waals surface area contributed by atoms with Crippen LogP contribution in [0.2, 0.25) is 0 Å². The van der Waals surface area contributed by atoms with Gasteiger partial charge >= 0.3 is 10.2 Å². The first kappa shape index (κ1) is 9.72. The van der Waals surface area contributed by atoms with Gasteiger partial charge in [0, 0.05) is 5.70 Å². The van der Waals surface area contributed by atoms with Crippen LogP contribution in [-0.2, 0) is 15.0 Å². The molecule has 0 saturated heterocycles. The lowest BCUT2D eigenvalue weighted by Crippen LogP contribution is -2.34. The van der Waals surface area contributed by atoms with Gasteiger partial charge in [0.25, 0.3) is 0 Å². The average molecular weight is 203 g/mol. The van der Waals surface area contributed by atoms with Crippen molar-refractivity contribution in [3.05, 3.63) is 11.3 Å². The van der Waals surface area contributed by atoms with E-state index in [4.69, 9.17) is 5.73 Å². The molecular weight excluding hydrogens is 194 g/mol. The summed E-state index contributed by atoms with van der Waals surface area (Å²) in [6, 6.07) is 0. The second kappa shape index (κ2) is 2.84. The molecule has 0 unspecified atom stereocenters. The smallest absolute Gasteiger partial charge is 0.343 e. The van der Waals surface area contributed by atoms with Crippen LogP contribution in [0.3, 0.4) is 0 Å². The van der Waals surface area contributed by atoms with Gasteiger partial charge in [0.05, 0.1) is 5.57 Å². The first-order valence-corrected chi connectivity index (χ1v) is 4.88. The van der Waals surface area contributed by atoms with Crippen molar-refractivity contribution < 1.29 is 13.2 Å².